The summed E-state index contributed by atoms with van der Waals surface area (Å²) >= 11 is 0. The summed E-state index contributed by atoms with van der Waals surface area (Å²) < 4.78 is 33.7. The van der Waals surface area contributed by atoms with E-state index in [-0.39, 0.29) is 22.3 Å². The van der Waals surface area contributed by atoms with Crippen LogP contribution in [0.15, 0.2) is 40.0 Å². The highest BCUT2D eigenvalue weighted by Crippen LogP contribution is 2.18. The number of hydrogen-bond acceptors (Lipinski definition) is 5. The topological polar surface area (TPSA) is 109 Å². The highest BCUT2D eigenvalue weighted by Gasteiger charge is 2.30. The van der Waals surface area contributed by atoms with E-state index >= 15 is 0 Å². The van der Waals surface area contributed by atoms with Crippen LogP contribution in [-0.2, 0) is 19.6 Å². The van der Waals surface area contributed by atoms with E-state index in [1.807, 2.05) is 13.8 Å². The Bertz CT molecular complexity index is 1010. The first-order valence-electron chi connectivity index (χ1n) is 9.28. The van der Waals surface area contributed by atoms with Crippen molar-refractivity contribution in [3.63, 3.8) is 0 Å². The van der Waals surface area contributed by atoms with E-state index in [1.165, 1.54) is 18.2 Å². The third-order valence-electron chi connectivity index (χ3n) is 4.63. The van der Waals surface area contributed by atoms with Crippen molar-refractivity contribution < 1.29 is 17.9 Å². The number of carbonyl (C=O) groups is 1. The van der Waals surface area contributed by atoms with Crippen molar-refractivity contribution in [1.82, 2.24) is 14.6 Å². The maximum Gasteiger partial charge on any atom is 0.248 e. The van der Waals surface area contributed by atoms with E-state index in [2.05, 4.69) is 9.71 Å². The van der Waals surface area contributed by atoms with Gasteiger partial charge >= 0.3 is 0 Å². The molecule has 1 amide bonds. The van der Waals surface area contributed by atoms with Crippen molar-refractivity contribution in [3.05, 3.63) is 40.7 Å². The van der Waals surface area contributed by atoms with Gasteiger partial charge in [0.2, 0.25) is 21.5 Å². The highest BCUT2D eigenvalue weighted by molar-refractivity contribution is 7.89. The molecule has 1 aromatic heterocycles. The van der Waals surface area contributed by atoms with E-state index in [9.17, 15) is 18.0 Å². The second-order valence-corrected chi connectivity index (χ2v) is 9.03. The van der Waals surface area contributed by atoms with Gasteiger partial charge in [-0.05, 0) is 42.0 Å². The Kier molecular flexibility index (Phi) is 6.17. The Labute approximate surface area is 163 Å². The molecule has 1 saturated heterocycles. The second-order valence-electron chi connectivity index (χ2n) is 7.31. The molecule has 1 aliphatic heterocycles. The number of fused-ring (bicyclic) bond motifs is 1. The van der Waals surface area contributed by atoms with E-state index in [4.69, 9.17) is 4.74 Å². The molecule has 1 aliphatic rings. The Morgan fingerprint density at radius 2 is 1.93 bits per heavy atom. The number of sulfonamides is 1. The summed E-state index contributed by atoms with van der Waals surface area (Å²) in [5.41, 5.74) is 0.295. The van der Waals surface area contributed by atoms with Gasteiger partial charge in [0.25, 0.3) is 0 Å². The normalized spacial score (nSPS) is 16.5. The maximum absolute atomic E-state index is 12.9. The minimum atomic E-state index is -3.91. The third-order valence-corrected chi connectivity index (χ3v) is 6.10. The largest absolute Gasteiger partial charge is 0.378 e. The molecule has 0 bridgehead atoms. The van der Waals surface area contributed by atoms with Crippen molar-refractivity contribution in [3.8, 4) is 0 Å². The molecular formula is C19H25N3O5S. The number of nitrogens with zero attached hydrogens (tertiary/aromatic N) is 1. The van der Waals surface area contributed by atoms with E-state index in [0.717, 1.165) is 0 Å². The maximum atomic E-state index is 12.9. The van der Waals surface area contributed by atoms with Crippen LogP contribution in [0.1, 0.15) is 20.3 Å². The third kappa shape index (κ3) is 4.78. The van der Waals surface area contributed by atoms with Crippen LogP contribution in [0, 0.1) is 5.92 Å². The zero-order valence-electron chi connectivity index (χ0n) is 16.0. The summed E-state index contributed by atoms with van der Waals surface area (Å²) in [6.07, 6.45) is 0.399. The van der Waals surface area contributed by atoms with Crippen LogP contribution >= 0.6 is 0 Å². The fraction of sp³-hybridized carbons (Fsp3) is 0.474. The van der Waals surface area contributed by atoms with Crippen molar-refractivity contribution in [1.29, 1.82) is 0 Å². The molecule has 1 atom stereocenters. The molecule has 1 unspecified atom stereocenters. The van der Waals surface area contributed by atoms with Gasteiger partial charge in [-0.3, -0.25) is 9.59 Å². The standard InChI is InChI=1S/C19H25N3O5S/c1-13(2)11-17(19(24)22-7-9-27-10-8-22)21-28(25,26)15-4-5-16-14(12-15)3-6-18(23)20-16/h3-6,12-13,17,21H,7-11H2,1-2H3,(H,20,23). The van der Waals surface area contributed by atoms with Gasteiger partial charge in [0.1, 0.15) is 6.04 Å². The Morgan fingerprint density at radius 1 is 1.21 bits per heavy atom. The zero-order valence-corrected chi connectivity index (χ0v) is 16.8. The lowest BCUT2D eigenvalue weighted by Gasteiger charge is -2.31. The Balaban J connectivity index is 1.86. The van der Waals surface area contributed by atoms with Crippen molar-refractivity contribution in [2.24, 2.45) is 5.92 Å². The number of morpholine rings is 1. The summed E-state index contributed by atoms with van der Waals surface area (Å²) in [4.78, 5) is 28.6. The Morgan fingerprint density at radius 3 is 2.61 bits per heavy atom. The first kappa shape index (κ1) is 20.5. The van der Waals surface area contributed by atoms with Crippen LogP contribution < -0.4 is 10.3 Å². The first-order chi connectivity index (χ1) is 13.3. The molecule has 2 aromatic rings. The molecule has 2 heterocycles. The number of carbonyl (C=O) groups excluding carboxylic acids is 1. The minimum Gasteiger partial charge on any atom is -0.378 e. The van der Waals surface area contributed by atoms with Crippen LogP contribution in [-0.4, -0.2) is 56.6 Å². The first-order valence-corrected chi connectivity index (χ1v) is 10.8. The fourth-order valence-corrected chi connectivity index (χ4v) is 4.47. The summed E-state index contributed by atoms with van der Waals surface area (Å²) in [6, 6.07) is 6.53. The molecule has 8 nitrogen and oxygen atoms in total. The zero-order chi connectivity index (χ0) is 20.3. The number of rotatable bonds is 6. The van der Waals surface area contributed by atoms with E-state index < -0.39 is 16.1 Å². The van der Waals surface area contributed by atoms with Crippen LogP contribution in [0.2, 0.25) is 0 Å². The van der Waals surface area contributed by atoms with Gasteiger partial charge in [0, 0.05) is 24.7 Å². The summed E-state index contributed by atoms with van der Waals surface area (Å²) in [6.45, 7) is 5.71. The Hall–Kier alpha value is -2.23. The highest BCUT2D eigenvalue weighted by atomic mass is 32.2. The predicted octanol–water partition coefficient (Wildman–Crippen LogP) is 1.08. The average molecular weight is 407 g/mol. The van der Waals surface area contributed by atoms with E-state index in [0.29, 0.717) is 43.6 Å². The lowest BCUT2D eigenvalue weighted by Crippen LogP contribution is -2.52. The fourth-order valence-electron chi connectivity index (χ4n) is 3.23. The van der Waals surface area contributed by atoms with Crippen molar-refractivity contribution in [2.45, 2.75) is 31.2 Å². The SMILES string of the molecule is CC(C)CC(NS(=O)(=O)c1ccc2[nH]c(=O)ccc2c1)C(=O)N1CCOCC1. The number of aromatic amines is 1. The van der Waals surface area contributed by atoms with Crippen LogP contribution in [0.4, 0.5) is 0 Å². The molecule has 1 fully saturated rings. The van der Waals surface area contributed by atoms with Crippen LogP contribution in [0.3, 0.4) is 0 Å². The molecular weight excluding hydrogens is 382 g/mol. The second kappa shape index (κ2) is 8.42. The molecule has 3 rings (SSSR count). The van der Waals surface area contributed by atoms with Crippen molar-refractivity contribution >= 4 is 26.8 Å². The van der Waals surface area contributed by atoms with Gasteiger partial charge in [-0.2, -0.15) is 4.72 Å². The van der Waals surface area contributed by atoms with Gasteiger partial charge in [0.15, 0.2) is 0 Å². The molecule has 0 spiro atoms. The van der Waals surface area contributed by atoms with Gasteiger partial charge in [-0.1, -0.05) is 13.8 Å². The average Bonchev–Trinajstić information content (AvgIpc) is 2.66. The number of aromatic nitrogens is 1. The number of pyridine rings is 1. The summed E-state index contributed by atoms with van der Waals surface area (Å²) in [5, 5.41) is 0.599. The smallest absolute Gasteiger partial charge is 0.248 e. The van der Waals surface area contributed by atoms with Crippen LogP contribution in [0.5, 0.6) is 0 Å². The molecule has 9 heteroatoms. The lowest BCUT2D eigenvalue weighted by atomic mass is 10.0. The predicted molar refractivity (Wildman–Crippen MR) is 106 cm³/mol. The molecule has 0 aliphatic carbocycles. The number of H-pyrrole nitrogens is 1. The van der Waals surface area contributed by atoms with Gasteiger partial charge in [-0.15, -0.1) is 0 Å². The van der Waals surface area contributed by atoms with Gasteiger partial charge in [0.05, 0.1) is 18.1 Å². The minimum absolute atomic E-state index is 0.0515. The van der Waals surface area contributed by atoms with Gasteiger partial charge < -0.3 is 14.6 Å². The van der Waals surface area contributed by atoms with Gasteiger partial charge in [-0.25, -0.2) is 8.42 Å². The number of benzene rings is 1. The quantitative estimate of drug-likeness (QED) is 0.745. The lowest BCUT2D eigenvalue weighted by molar-refractivity contribution is -0.137. The summed E-state index contributed by atoms with van der Waals surface area (Å²) in [7, 11) is -3.91. The monoisotopic (exact) mass is 407 g/mol. The van der Waals surface area contributed by atoms with E-state index in [1.54, 1.807) is 17.0 Å². The number of ether oxygens (including phenoxy) is 1. The number of nitrogens with one attached hydrogen (secondary N) is 2. The van der Waals surface area contributed by atoms with Crippen LogP contribution in [0.25, 0.3) is 10.9 Å². The number of amides is 1. The number of hydrogen-bond donors (Lipinski definition) is 2. The molecule has 2 N–H and O–H groups in total. The molecule has 0 radical (unpaired) electrons. The molecule has 1 aromatic carbocycles. The molecule has 152 valence electrons. The molecule has 28 heavy (non-hydrogen) atoms. The molecule has 0 saturated carbocycles. The summed E-state index contributed by atoms with van der Waals surface area (Å²) in [5.74, 6) is -0.0925. The van der Waals surface area contributed by atoms with Crippen molar-refractivity contribution in [2.75, 3.05) is 26.3 Å².